The number of H-pyrrole nitrogens is 1. The third-order valence-corrected chi connectivity index (χ3v) is 3.04. The lowest BCUT2D eigenvalue weighted by Crippen LogP contribution is -2.17. The third-order valence-electron chi connectivity index (χ3n) is 2.34. The first-order valence-electron chi connectivity index (χ1n) is 5.13. The molecule has 0 fully saturated rings. The third kappa shape index (κ3) is 2.65. The maximum absolute atomic E-state index is 11.7. The van der Waals surface area contributed by atoms with Gasteiger partial charge in [0, 0.05) is 21.8 Å². The Morgan fingerprint density at radius 3 is 2.72 bits per heavy atom. The van der Waals surface area contributed by atoms with Crippen molar-refractivity contribution in [3.05, 3.63) is 50.9 Å². The van der Waals surface area contributed by atoms with E-state index in [4.69, 9.17) is 5.11 Å². The number of hydrogen-bond acceptors (Lipinski definition) is 3. The summed E-state index contributed by atoms with van der Waals surface area (Å²) in [6.07, 6.45) is 0.959. The van der Waals surface area contributed by atoms with Crippen LogP contribution in [0.1, 0.15) is 5.56 Å². The zero-order valence-corrected chi connectivity index (χ0v) is 10.8. The number of halogens is 1. The predicted octanol–water partition coefficient (Wildman–Crippen LogP) is 1.83. The second kappa shape index (κ2) is 5.14. The number of carbonyl (C=O) groups is 1. The highest BCUT2D eigenvalue weighted by Crippen LogP contribution is 2.23. The molecule has 1 heterocycles. The monoisotopic (exact) mass is 308 g/mol. The van der Waals surface area contributed by atoms with Gasteiger partial charge in [-0.3, -0.25) is 9.59 Å². The molecular weight excluding hydrogens is 300 g/mol. The maximum atomic E-state index is 11.7. The van der Waals surface area contributed by atoms with Crippen LogP contribution >= 0.6 is 15.9 Å². The fraction of sp³-hybridized carbons (Fsp3) is 0.0833. The number of carboxylic acids is 1. The van der Waals surface area contributed by atoms with E-state index in [1.54, 1.807) is 6.07 Å². The van der Waals surface area contributed by atoms with Gasteiger partial charge >= 0.3 is 5.97 Å². The molecule has 0 unspecified atom stereocenters. The first-order chi connectivity index (χ1) is 8.58. The fourth-order valence-corrected chi connectivity index (χ4v) is 1.97. The van der Waals surface area contributed by atoms with Crippen molar-refractivity contribution < 1.29 is 9.90 Å². The summed E-state index contributed by atoms with van der Waals surface area (Å²) in [5.41, 5.74) is 0.452. The second-order valence-corrected chi connectivity index (χ2v) is 4.49. The highest BCUT2D eigenvalue weighted by atomic mass is 79.9. The normalized spacial score (nSPS) is 10.3. The Labute approximate surface area is 111 Å². The summed E-state index contributed by atoms with van der Waals surface area (Å²) < 4.78 is 0.805. The number of aliphatic carboxylic acids is 1. The van der Waals surface area contributed by atoms with Crippen LogP contribution in [-0.4, -0.2) is 21.0 Å². The summed E-state index contributed by atoms with van der Waals surface area (Å²) >= 11 is 3.36. The molecule has 2 aromatic rings. The Bertz CT molecular complexity index is 652. The van der Waals surface area contributed by atoms with Crippen molar-refractivity contribution in [3.8, 4) is 11.4 Å². The highest BCUT2D eigenvalue weighted by molar-refractivity contribution is 9.10. The van der Waals surface area contributed by atoms with Gasteiger partial charge in [-0.25, -0.2) is 4.98 Å². The van der Waals surface area contributed by atoms with Crippen LogP contribution in [0, 0.1) is 0 Å². The number of nitrogens with one attached hydrogen (secondary N) is 1. The Morgan fingerprint density at radius 2 is 2.11 bits per heavy atom. The summed E-state index contributed by atoms with van der Waals surface area (Å²) in [4.78, 5) is 28.9. The number of aromatic nitrogens is 2. The van der Waals surface area contributed by atoms with E-state index in [0.29, 0.717) is 5.82 Å². The van der Waals surface area contributed by atoms with Crippen LogP contribution in [0.25, 0.3) is 11.4 Å². The van der Waals surface area contributed by atoms with Crippen LogP contribution in [0.4, 0.5) is 0 Å². The summed E-state index contributed by atoms with van der Waals surface area (Å²) in [5.74, 6) is -0.655. The Hall–Kier alpha value is -1.95. The zero-order chi connectivity index (χ0) is 13.1. The number of carboxylic acid groups (broad SMARTS) is 1. The van der Waals surface area contributed by atoms with Gasteiger partial charge in [0.1, 0.15) is 5.82 Å². The molecule has 0 aliphatic heterocycles. The van der Waals surface area contributed by atoms with Crippen molar-refractivity contribution in [1.29, 1.82) is 0 Å². The lowest BCUT2D eigenvalue weighted by molar-refractivity contribution is -0.136. The molecule has 92 valence electrons. The van der Waals surface area contributed by atoms with Gasteiger partial charge < -0.3 is 10.1 Å². The highest BCUT2D eigenvalue weighted by Gasteiger charge is 2.09. The van der Waals surface area contributed by atoms with E-state index in [1.165, 1.54) is 6.20 Å². The largest absolute Gasteiger partial charge is 0.481 e. The molecule has 6 heteroatoms. The molecule has 18 heavy (non-hydrogen) atoms. The van der Waals surface area contributed by atoms with E-state index in [-0.39, 0.29) is 12.0 Å². The molecule has 0 saturated heterocycles. The van der Waals surface area contributed by atoms with Crippen LogP contribution in [0.3, 0.4) is 0 Å². The second-order valence-electron chi connectivity index (χ2n) is 3.64. The van der Waals surface area contributed by atoms with Crippen molar-refractivity contribution in [3.63, 3.8) is 0 Å². The quantitative estimate of drug-likeness (QED) is 0.906. The van der Waals surface area contributed by atoms with Gasteiger partial charge in [0.25, 0.3) is 5.56 Å². The number of nitrogens with zero attached hydrogens (tertiary/aromatic N) is 1. The number of benzene rings is 1. The summed E-state index contributed by atoms with van der Waals surface area (Å²) in [7, 11) is 0. The molecule has 2 rings (SSSR count). The Morgan fingerprint density at radius 1 is 1.39 bits per heavy atom. The smallest absolute Gasteiger partial charge is 0.308 e. The SMILES string of the molecule is O=C(O)Cc1cnc(-c2ccccc2Br)[nH]c1=O. The van der Waals surface area contributed by atoms with Crippen LogP contribution in [-0.2, 0) is 11.2 Å². The predicted molar refractivity (Wildman–Crippen MR) is 69.3 cm³/mol. The van der Waals surface area contributed by atoms with Crippen LogP contribution in [0.2, 0.25) is 0 Å². The van der Waals surface area contributed by atoms with E-state index in [9.17, 15) is 9.59 Å². The van der Waals surface area contributed by atoms with Crippen molar-refractivity contribution in [1.82, 2.24) is 9.97 Å². The number of hydrogen-bond donors (Lipinski definition) is 2. The van der Waals surface area contributed by atoms with Gasteiger partial charge in [0.05, 0.1) is 6.42 Å². The molecule has 0 spiro atoms. The van der Waals surface area contributed by atoms with Gasteiger partial charge in [-0.15, -0.1) is 0 Å². The Balaban J connectivity index is 2.44. The molecule has 0 aliphatic rings. The van der Waals surface area contributed by atoms with Gasteiger partial charge in [-0.05, 0) is 6.07 Å². The van der Waals surface area contributed by atoms with Crippen LogP contribution in [0.5, 0.6) is 0 Å². The molecule has 0 radical (unpaired) electrons. The first-order valence-corrected chi connectivity index (χ1v) is 5.92. The molecule has 1 aromatic heterocycles. The maximum Gasteiger partial charge on any atom is 0.308 e. The van der Waals surface area contributed by atoms with E-state index < -0.39 is 11.5 Å². The van der Waals surface area contributed by atoms with Crippen molar-refractivity contribution in [2.45, 2.75) is 6.42 Å². The first kappa shape index (κ1) is 12.5. The lowest BCUT2D eigenvalue weighted by atomic mass is 10.2. The van der Waals surface area contributed by atoms with Crippen molar-refractivity contribution in [2.75, 3.05) is 0 Å². The van der Waals surface area contributed by atoms with E-state index in [0.717, 1.165) is 10.0 Å². The topological polar surface area (TPSA) is 83.0 Å². The van der Waals surface area contributed by atoms with Gasteiger partial charge in [-0.1, -0.05) is 34.1 Å². The van der Waals surface area contributed by atoms with E-state index in [1.807, 2.05) is 18.2 Å². The molecule has 0 bridgehead atoms. The standard InChI is InChI=1S/C12H9BrN2O3/c13-9-4-2-1-3-8(9)11-14-6-7(5-10(16)17)12(18)15-11/h1-4,6H,5H2,(H,16,17)(H,14,15,18). The molecule has 0 amide bonds. The molecule has 5 nitrogen and oxygen atoms in total. The average Bonchev–Trinajstić information content (AvgIpc) is 2.32. The van der Waals surface area contributed by atoms with Crippen molar-refractivity contribution >= 4 is 21.9 Å². The minimum absolute atomic E-state index is 0.137. The molecule has 0 atom stereocenters. The number of rotatable bonds is 3. The zero-order valence-electron chi connectivity index (χ0n) is 9.18. The minimum Gasteiger partial charge on any atom is -0.481 e. The average molecular weight is 309 g/mol. The molecule has 0 saturated carbocycles. The summed E-state index contributed by atoms with van der Waals surface area (Å²) in [6, 6.07) is 7.31. The van der Waals surface area contributed by atoms with Gasteiger partial charge in [0.15, 0.2) is 0 Å². The lowest BCUT2D eigenvalue weighted by Gasteiger charge is -2.04. The van der Waals surface area contributed by atoms with E-state index >= 15 is 0 Å². The minimum atomic E-state index is -1.06. The van der Waals surface area contributed by atoms with Crippen molar-refractivity contribution in [2.24, 2.45) is 0 Å². The fourth-order valence-electron chi connectivity index (χ4n) is 1.50. The van der Waals surface area contributed by atoms with Crippen LogP contribution in [0.15, 0.2) is 39.7 Å². The van der Waals surface area contributed by atoms with Gasteiger partial charge in [-0.2, -0.15) is 0 Å². The molecular formula is C12H9BrN2O3. The van der Waals surface area contributed by atoms with E-state index in [2.05, 4.69) is 25.9 Å². The van der Waals surface area contributed by atoms with Gasteiger partial charge in [0.2, 0.25) is 0 Å². The summed E-state index contributed by atoms with van der Waals surface area (Å²) in [6.45, 7) is 0. The molecule has 0 aliphatic carbocycles. The molecule has 1 aromatic carbocycles. The summed E-state index contributed by atoms with van der Waals surface area (Å²) in [5, 5.41) is 8.63. The Kier molecular flexibility index (Phi) is 3.57. The molecule has 2 N–H and O–H groups in total. The van der Waals surface area contributed by atoms with Crippen LogP contribution < -0.4 is 5.56 Å². The number of aromatic amines is 1.